The van der Waals surface area contributed by atoms with Gasteiger partial charge in [0.2, 0.25) is 0 Å². The van der Waals surface area contributed by atoms with Crippen LogP contribution in [-0.4, -0.2) is 5.11 Å². The topological polar surface area (TPSA) is 24.1 Å². The fourth-order valence-corrected chi connectivity index (χ4v) is 2.35. The number of rotatable bonds is 3. The van der Waals surface area contributed by atoms with Gasteiger partial charge in [-0.25, -0.2) is 0 Å². The summed E-state index contributed by atoms with van der Waals surface area (Å²) in [6.07, 6.45) is 0. The van der Waals surface area contributed by atoms with Crippen molar-refractivity contribution in [3.63, 3.8) is 0 Å². The molecule has 2 aromatic rings. The average Bonchev–Trinajstić information content (AvgIpc) is 2.45. The maximum atomic E-state index is 5.39. The van der Waals surface area contributed by atoms with Gasteiger partial charge in [0.05, 0.1) is 6.04 Å². The summed E-state index contributed by atoms with van der Waals surface area (Å²) in [6, 6.07) is 16.6. The number of anilines is 1. The van der Waals surface area contributed by atoms with Crippen LogP contribution in [-0.2, 0) is 0 Å². The summed E-state index contributed by atoms with van der Waals surface area (Å²) < 4.78 is 0. The van der Waals surface area contributed by atoms with Crippen molar-refractivity contribution in [1.82, 2.24) is 5.32 Å². The Labute approximate surface area is 126 Å². The molecule has 0 fully saturated rings. The summed E-state index contributed by atoms with van der Waals surface area (Å²) in [5.41, 5.74) is 4.76. The zero-order valence-electron chi connectivity index (χ0n) is 12.1. The van der Waals surface area contributed by atoms with E-state index in [1.807, 2.05) is 30.3 Å². The van der Waals surface area contributed by atoms with Gasteiger partial charge in [-0.1, -0.05) is 42.5 Å². The molecule has 0 spiro atoms. The molecule has 2 N–H and O–H groups in total. The molecule has 1 atom stereocenters. The second kappa shape index (κ2) is 6.53. The van der Waals surface area contributed by atoms with Crippen LogP contribution in [0, 0.1) is 13.8 Å². The molecule has 0 heterocycles. The summed E-state index contributed by atoms with van der Waals surface area (Å²) in [4.78, 5) is 0. The van der Waals surface area contributed by atoms with Crippen molar-refractivity contribution in [3.8, 4) is 0 Å². The monoisotopic (exact) mass is 284 g/mol. The normalized spacial score (nSPS) is 11.8. The van der Waals surface area contributed by atoms with E-state index in [0.717, 1.165) is 5.69 Å². The predicted octanol–water partition coefficient (Wildman–Crippen LogP) is 4.35. The molecule has 0 aromatic heterocycles. The van der Waals surface area contributed by atoms with Gasteiger partial charge in [-0.2, -0.15) is 0 Å². The summed E-state index contributed by atoms with van der Waals surface area (Å²) in [5.74, 6) is 0. The van der Waals surface area contributed by atoms with E-state index in [0.29, 0.717) is 5.11 Å². The molecule has 104 valence electrons. The fourth-order valence-electron chi connectivity index (χ4n) is 2.07. The second-order valence-electron chi connectivity index (χ2n) is 4.98. The number of thiocarbonyl (C=S) groups is 1. The lowest BCUT2D eigenvalue weighted by molar-refractivity contribution is 0.722. The lowest BCUT2D eigenvalue weighted by Crippen LogP contribution is -2.31. The first kappa shape index (κ1) is 14.5. The molecular formula is C17H20N2S. The van der Waals surface area contributed by atoms with E-state index in [4.69, 9.17) is 12.2 Å². The molecule has 0 radical (unpaired) electrons. The second-order valence-corrected chi connectivity index (χ2v) is 5.39. The van der Waals surface area contributed by atoms with Crippen LogP contribution in [0.1, 0.15) is 29.7 Å². The van der Waals surface area contributed by atoms with Gasteiger partial charge in [0.1, 0.15) is 0 Å². The van der Waals surface area contributed by atoms with Gasteiger partial charge >= 0.3 is 0 Å². The smallest absolute Gasteiger partial charge is 0.171 e. The highest BCUT2D eigenvalue weighted by atomic mass is 32.1. The Kier molecular flexibility index (Phi) is 4.74. The lowest BCUT2D eigenvalue weighted by atomic mass is 10.1. The quantitative estimate of drug-likeness (QED) is 0.819. The van der Waals surface area contributed by atoms with E-state index < -0.39 is 0 Å². The fraction of sp³-hybridized carbons (Fsp3) is 0.235. The van der Waals surface area contributed by atoms with Crippen molar-refractivity contribution in [2.45, 2.75) is 26.8 Å². The molecule has 0 saturated carbocycles. The third-order valence-electron chi connectivity index (χ3n) is 3.50. The zero-order chi connectivity index (χ0) is 14.5. The van der Waals surface area contributed by atoms with Crippen LogP contribution in [0.15, 0.2) is 48.5 Å². The van der Waals surface area contributed by atoms with Crippen LogP contribution in [0.5, 0.6) is 0 Å². The molecule has 3 heteroatoms. The van der Waals surface area contributed by atoms with Crippen molar-refractivity contribution in [1.29, 1.82) is 0 Å². The molecule has 0 aliphatic heterocycles. The summed E-state index contributed by atoms with van der Waals surface area (Å²) >= 11 is 5.39. The molecule has 0 bridgehead atoms. The maximum absolute atomic E-state index is 5.39. The van der Waals surface area contributed by atoms with Crippen LogP contribution in [0.2, 0.25) is 0 Å². The van der Waals surface area contributed by atoms with Crippen LogP contribution >= 0.6 is 12.2 Å². The number of nitrogens with one attached hydrogen (secondary N) is 2. The zero-order valence-corrected chi connectivity index (χ0v) is 12.9. The minimum atomic E-state index is 0.182. The highest BCUT2D eigenvalue weighted by molar-refractivity contribution is 7.80. The third kappa shape index (κ3) is 3.58. The summed E-state index contributed by atoms with van der Waals surface area (Å²) in [5, 5.41) is 7.23. The average molecular weight is 284 g/mol. The molecule has 2 rings (SSSR count). The van der Waals surface area contributed by atoms with Gasteiger partial charge < -0.3 is 10.6 Å². The van der Waals surface area contributed by atoms with Crippen LogP contribution in [0.3, 0.4) is 0 Å². The first-order chi connectivity index (χ1) is 9.58. The van der Waals surface area contributed by atoms with E-state index in [-0.39, 0.29) is 6.04 Å². The molecule has 2 nitrogen and oxygen atoms in total. The molecule has 2 aromatic carbocycles. The highest BCUT2D eigenvalue weighted by Crippen LogP contribution is 2.18. The van der Waals surface area contributed by atoms with Crippen LogP contribution in [0.4, 0.5) is 5.69 Å². The Morgan fingerprint density at radius 3 is 2.40 bits per heavy atom. The van der Waals surface area contributed by atoms with Gasteiger partial charge in [-0.15, -0.1) is 0 Å². The first-order valence-electron chi connectivity index (χ1n) is 6.76. The molecule has 0 aliphatic rings. The Balaban J connectivity index is 2.01. The van der Waals surface area contributed by atoms with Gasteiger partial charge in [0.25, 0.3) is 0 Å². The number of hydrogen-bond acceptors (Lipinski definition) is 1. The van der Waals surface area contributed by atoms with Crippen LogP contribution in [0.25, 0.3) is 0 Å². The SMILES string of the molecule is Cc1cccc(NC(=S)NC(C)c2ccccc2)c1C. The molecule has 0 aliphatic carbocycles. The predicted molar refractivity (Wildman–Crippen MR) is 90.1 cm³/mol. The first-order valence-corrected chi connectivity index (χ1v) is 7.17. The van der Waals surface area contributed by atoms with Crippen molar-refractivity contribution in [3.05, 3.63) is 65.2 Å². The van der Waals surface area contributed by atoms with E-state index >= 15 is 0 Å². The van der Waals surface area contributed by atoms with Crippen molar-refractivity contribution in [2.75, 3.05) is 5.32 Å². The van der Waals surface area contributed by atoms with Crippen molar-refractivity contribution >= 4 is 23.0 Å². The van der Waals surface area contributed by atoms with Crippen molar-refractivity contribution in [2.24, 2.45) is 0 Å². The Morgan fingerprint density at radius 2 is 1.70 bits per heavy atom. The Morgan fingerprint density at radius 1 is 1.00 bits per heavy atom. The summed E-state index contributed by atoms with van der Waals surface area (Å²) in [6.45, 7) is 6.30. The number of hydrogen-bond donors (Lipinski definition) is 2. The van der Waals surface area contributed by atoms with E-state index in [1.165, 1.54) is 16.7 Å². The summed E-state index contributed by atoms with van der Waals surface area (Å²) in [7, 11) is 0. The standard InChI is InChI=1S/C17H20N2S/c1-12-8-7-11-16(13(12)2)19-17(20)18-14(3)15-9-5-4-6-10-15/h4-11,14H,1-3H3,(H2,18,19,20). The minimum Gasteiger partial charge on any atom is -0.356 e. The Hall–Kier alpha value is -1.87. The minimum absolute atomic E-state index is 0.182. The molecular weight excluding hydrogens is 264 g/mol. The van der Waals surface area contributed by atoms with Gasteiger partial charge in [-0.05, 0) is 55.7 Å². The van der Waals surface area contributed by atoms with Crippen LogP contribution < -0.4 is 10.6 Å². The molecule has 20 heavy (non-hydrogen) atoms. The van der Waals surface area contributed by atoms with Gasteiger partial charge in [-0.3, -0.25) is 0 Å². The number of aryl methyl sites for hydroxylation is 1. The Bertz CT molecular complexity index is 593. The van der Waals surface area contributed by atoms with E-state index in [1.54, 1.807) is 0 Å². The van der Waals surface area contributed by atoms with Gasteiger partial charge in [0, 0.05) is 5.69 Å². The van der Waals surface area contributed by atoms with Gasteiger partial charge in [0.15, 0.2) is 5.11 Å². The molecule has 0 amide bonds. The highest BCUT2D eigenvalue weighted by Gasteiger charge is 2.07. The largest absolute Gasteiger partial charge is 0.356 e. The molecule has 0 saturated heterocycles. The maximum Gasteiger partial charge on any atom is 0.171 e. The molecule has 1 unspecified atom stereocenters. The van der Waals surface area contributed by atoms with Crippen molar-refractivity contribution < 1.29 is 0 Å². The lowest BCUT2D eigenvalue weighted by Gasteiger charge is -2.18. The number of benzene rings is 2. The third-order valence-corrected chi connectivity index (χ3v) is 3.72. The van der Waals surface area contributed by atoms with E-state index in [2.05, 4.69) is 49.6 Å². The van der Waals surface area contributed by atoms with E-state index in [9.17, 15) is 0 Å².